The molecule has 1 aliphatic rings. The first-order valence-electron chi connectivity index (χ1n) is 7.44. The van der Waals surface area contributed by atoms with Crippen molar-refractivity contribution in [3.63, 3.8) is 0 Å². The minimum absolute atomic E-state index is 0.539. The van der Waals surface area contributed by atoms with Crippen LogP contribution >= 0.6 is 0 Å². The fourth-order valence-corrected chi connectivity index (χ4v) is 2.92. The van der Waals surface area contributed by atoms with E-state index < -0.39 is 0 Å². The van der Waals surface area contributed by atoms with Gasteiger partial charge in [-0.05, 0) is 43.7 Å². The summed E-state index contributed by atoms with van der Waals surface area (Å²) in [7, 11) is 0. The highest BCUT2D eigenvalue weighted by Crippen LogP contribution is 2.35. The van der Waals surface area contributed by atoms with E-state index in [1.165, 1.54) is 38.6 Å². The maximum Gasteiger partial charge on any atom is 0.103 e. The Morgan fingerprint density at radius 2 is 2.11 bits per heavy atom. The lowest BCUT2D eigenvalue weighted by Crippen LogP contribution is -2.38. The molecule has 1 heterocycles. The van der Waals surface area contributed by atoms with Gasteiger partial charge in [-0.1, -0.05) is 26.2 Å². The summed E-state index contributed by atoms with van der Waals surface area (Å²) < 4.78 is 5.37. The van der Waals surface area contributed by atoms with Gasteiger partial charge in [0.1, 0.15) is 5.76 Å². The molecule has 0 bridgehead atoms. The molecule has 0 aromatic carbocycles. The lowest BCUT2D eigenvalue weighted by molar-refractivity contribution is 0.200. The largest absolute Gasteiger partial charge is 0.469 e. The van der Waals surface area contributed by atoms with Gasteiger partial charge in [-0.3, -0.25) is 0 Å². The van der Waals surface area contributed by atoms with Crippen molar-refractivity contribution in [3.8, 4) is 0 Å². The molecule has 1 unspecified atom stereocenters. The van der Waals surface area contributed by atoms with Crippen molar-refractivity contribution in [1.29, 1.82) is 0 Å². The standard InChI is InChI=1S/C16H27NO/c1-14(8-9-15-7-6-12-18-15)17-13-16(2)10-4-3-5-11-16/h6-7,12,14,17H,3-5,8-11,13H2,1-2H3. The smallest absolute Gasteiger partial charge is 0.103 e. The van der Waals surface area contributed by atoms with Crippen LogP contribution in [0.4, 0.5) is 0 Å². The lowest BCUT2D eigenvalue weighted by atomic mass is 9.75. The molecule has 1 aromatic rings. The van der Waals surface area contributed by atoms with E-state index in [0.717, 1.165) is 18.6 Å². The number of hydrogen-bond donors (Lipinski definition) is 1. The van der Waals surface area contributed by atoms with Crippen LogP contribution in [-0.4, -0.2) is 12.6 Å². The molecule has 0 spiro atoms. The predicted molar refractivity (Wildman–Crippen MR) is 75.7 cm³/mol. The Balaban J connectivity index is 1.66. The summed E-state index contributed by atoms with van der Waals surface area (Å²) in [5.41, 5.74) is 0.539. The number of hydrogen-bond acceptors (Lipinski definition) is 2. The number of aryl methyl sites for hydroxylation is 1. The maximum absolute atomic E-state index is 5.37. The summed E-state index contributed by atoms with van der Waals surface area (Å²) in [6.45, 7) is 5.90. The minimum Gasteiger partial charge on any atom is -0.469 e. The highest BCUT2D eigenvalue weighted by Gasteiger charge is 2.26. The fourth-order valence-electron chi connectivity index (χ4n) is 2.92. The summed E-state index contributed by atoms with van der Waals surface area (Å²) in [4.78, 5) is 0. The van der Waals surface area contributed by atoms with Crippen LogP contribution < -0.4 is 5.32 Å². The van der Waals surface area contributed by atoms with Gasteiger partial charge in [-0.2, -0.15) is 0 Å². The van der Waals surface area contributed by atoms with E-state index in [9.17, 15) is 0 Å². The monoisotopic (exact) mass is 249 g/mol. The molecule has 1 fully saturated rings. The number of rotatable bonds is 6. The van der Waals surface area contributed by atoms with Gasteiger partial charge in [0.25, 0.3) is 0 Å². The second kappa shape index (κ2) is 6.42. The van der Waals surface area contributed by atoms with E-state index in [4.69, 9.17) is 4.42 Å². The van der Waals surface area contributed by atoms with Gasteiger partial charge in [-0.15, -0.1) is 0 Å². The van der Waals surface area contributed by atoms with Gasteiger partial charge in [0.05, 0.1) is 6.26 Å². The number of nitrogens with one attached hydrogen (secondary N) is 1. The van der Waals surface area contributed by atoms with Crippen LogP contribution in [-0.2, 0) is 6.42 Å². The van der Waals surface area contributed by atoms with Crippen LogP contribution in [0.25, 0.3) is 0 Å². The zero-order valence-corrected chi connectivity index (χ0v) is 11.9. The third kappa shape index (κ3) is 4.16. The zero-order valence-electron chi connectivity index (χ0n) is 11.9. The summed E-state index contributed by atoms with van der Waals surface area (Å²) in [5, 5.41) is 3.71. The van der Waals surface area contributed by atoms with Gasteiger partial charge < -0.3 is 9.73 Å². The maximum atomic E-state index is 5.37. The molecule has 1 saturated carbocycles. The first-order chi connectivity index (χ1) is 8.68. The molecule has 102 valence electrons. The molecule has 1 N–H and O–H groups in total. The Hall–Kier alpha value is -0.760. The third-order valence-corrected chi connectivity index (χ3v) is 4.34. The zero-order chi connectivity index (χ0) is 12.8. The van der Waals surface area contributed by atoms with Crippen LogP contribution in [0, 0.1) is 5.41 Å². The minimum atomic E-state index is 0.539. The van der Waals surface area contributed by atoms with Crippen molar-refractivity contribution in [2.24, 2.45) is 5.41 Å². The van der Waals surface area contributed by atoms with E-state index in [-0.39, 0.29) is 0 Å². The summed E-state index contributed by atoms with van der Waals surface area (Å²) >= 11 is 0. The van der Waals surface area contributed by atoms with Gasteiger partial charge in [-0.25, -0.2) is 0 Å². The topological polar surface area (TPSA) is 25.2 Å². The molecular formula is C16H27NO. The highest BCUT2D eigenvalue weighted by atomic mass is 16.3. The van der Waals surface area contributed by atoms with Gasteiger partial charge in [0, 0.05) is 19.0 Å². The average molecular weight is 249 g/mol. The molecule has 0 aliphatic heterocycles. The summed E-state index contributed by atoms with van der Waals surface area (Å²) in [5.74, 6) is 1.10. The van der Waals surface area contributed by atoms with E-state index in [1.54, 1.807) is 6.26 Å². The number of furan rings is 1. The molecule has 1 atom stereocenters. The van der Waals surface area contributed by atoms with E-state index in [2.05, 4.69) is 25.2 Å². The van der Waals surface area contributed by atoms with Gasteiger partial charge >= 0.3 is 0 Å². The quantitative estimate of drug-likeness (QED) is 0.819. The predicted octanol–water partition coefficient (Wildman–Crippen LogP) is 4.16. The van der Waals surface area contributed by atoms with E-state index in [0.29, 0.717) is 11.5 Å². The van der Waals surface area contributed by atoms with Crippen molar-refractivity contribution in [1.82, 2.24) is 5.32 Å². The van der Waals surface area contributed by atoms with Crippen LogP contribution in [0.15, 0.2) is 22.8 Å². The highest BCUT2D eigenvalue weighted by molar-refractivity contribution is 4.98. The van der Waals surface area contributed by atoms with Gasteiger partial charge in [0.15, 0.2) is 0 Å². The van der Waals surface area contributed by atoms with Crippen LogP contribution in [0.5, 0.6) is 0 Å². The van der Waals surface area contributed by atoms with Crippen LogP contribution in [0.2, 0.25) is 0 Å². The van der Waals surface area contributed by atoms with Crippen LogP contribution in [0.1, 0.15) is 58.1 Å². The second-order valence-corrected chi connectivity index (χ2v) is 6.27. The molecule has 2 rings (SSSR count). The molecule has 0 radical (unpaired) electrons. The van der Waals surface area contributed by atoms with Crippen molar-refractivity contribution in [3.05, 3.63) is 24.2 Å². The van der Waals surface area contributed by atoms with Crippen molar-refractivity contribution < 1.29 is 4.42 Å². The molecule has 2 heteroatoms. The molecular weight excluding hydrogens is 222 g/mol. The molecule has 0 amide bonds. The Kier molecular flexibility index (Phi) is 4.87. The lowest BCUT2D eigenvalue weighted by Gasteiger charge is -2.35. The van der Waals surface area contributed by atoms with Gasteiger partial charge in [0.2, 0.25) is 0 Å². The second-order valence-electron chi connectivity index (χ2n) is 6.27. The van der Waals surface area contributed by atoms with Crippen molar-refractivity contribution >= 4 is 0 Å². The SMILES string of the molecule is CC(CCc1ccco1)NCC1(C)CCCCC1. The fraction of sp³-hybridized carbons (Fsp3) is 0.750. The summed E-state index contributed by atoms with van der Waals surface area (Å²) in [6.07, 6.45) is 11.0. The third-order valence-electron chi connectivity index (χ3n) is 4.34. The molecule has 18 heavy (non-hydrogen) atoms. The molecule has 1 aliphatic carbocycles. The van der Waals surface area contributed by atoms with Crippen LogP contribution in [0.3, 0.4) is 0 Å². The van der Waals surface area contributed by atoms with E-state index in [1.807, 2.05) is 6.07 Å². The summed E-state index contributed by atoms with van der Waals surface area (Å²) in [6, 6.07) is 4.61. The Bertz CT molecular complexity index is 325. The Morgan fingerprint density at radius 3 is 2.78 bits per heavy atom. The molecule has 1 aromatic heterocycles. The first kappa shape index (κ1) is 13.7. The first-order valence-corrected chi connectivity index (χ1v) is 7.44. The Morgan fingerprint density at radius 1 is 1.33 bits per heavy atom. The van der Waals surface area contributed by atoms with Crippen molar-refractivity contribution in [2.75, 3.05) is 6.54 Å². The Labute approximate surface area is 111 Å². The average Bonchev–Trinajstić information content (AvgIpc) is 2.88. The molecule has 0 saturated heterocycles. The van der Waals surface area contributed by atoms with E-state index >= 15 is 0 Å². The normalized spacial score (nSPS) is 20.8. The van der Waals surface area contributed by atoms with Crippen molar-refractivity contribution in [2.45, 2.75) is 64.8 Å². The molecule has 2 nitrogen and oxygen atoms in total.